The summed E-state index contributed by atoms with van der Waals surface area (Å²) in [7, 11) is 0. The van der Waals surface area contributed by atoms with Gasteiger partial charge in [0.15, 0.2) is 0 Å². The van der Waals surface area contributed by atoms with E-state index in [2.05, 4.69) is 37.6 Å². The largest absolute Gasteiger partial charge is 0.311 e. The highest BCUT2D eigenvalue weighted by Gasteiger charge is 2.32. The SMILES string of the molecule is Brc1csc(CNCCN2CCCC3CCCCC32)c1. The van der Waals surface area contributed by atoms with Crippen molar-refractivity contribution >= 4 is 27.3 Å². The van der Waals surface area contributed by atoms with Crippen LogP contribution in [0.5, 0.6) is 0 Å². The van der Waals surface area contributed by atoms with E-state index >= 15 is 0 Å². The zero-order chi connectivity index (χ0) is 13.8. The second kappa shape index (κ2) is 7.39. The third-order valence-corrected chi connectivity index (χ3v) is 6.55. The maximum atomic E-state index is 3.61. The fourth-order valence-electron chi connectivity index (χ4n) is 3.89. The Bertz CT molecular complexity index is 418. The van der Waals surface area contributed by atoms with Gasteiger partial charge in [-0.05, 0) is 60.1 Å². The molecule has 4 heteroatoms. The maximum absolute atomic E-state index is 3.61. The molecule has 20 heavy (non-hydrogen) atoms. The molecule has 0 spiro atoms. The van der Waals surface area contributed by atoms with Crippen LogP contribution in [0, 0.1) is 5.92 Å². The molecule has 2 heterocycles. The van der Waals surface area contributed by atoms with Gasteiger partial charge in [-0.3, -0.25) is 4.90 Å². The average Bonchev–Trinajstić information content (AvgIpc) is 2.89. The number of nitrogens with zero attached hydrogens (tertiary/aromatic N) is 1. The Kier molecular flexibility index (Phi) is 5.55. The summed E-state index contributed by atoms with van der Waals surface area (Å²) in [4.78, 5) is 4.19. The van der Waals surface area contributed by atoms with Crippen LogP contribution in [0.2, 0.25) is 0 Å². The Hall–Kier alpha value is 0.1000. The van der Waals surface area contributed by atoms with Crippen LogP contribution in [0.4, 0.5) is 0 Å². The van der Waals surface area contributed by atoms with Crippen molar-refractivity contribution in [1.82, 2.24) is 10.2 Å². The molecule has 1 aliphatic carbocycles. The zero-order valence-electron chi connectivity index (χ0n) is 12.1. The van der Waals surface area contributed by atoms with E-state index in [1.54, 1.807) is 0 Å². The molecular formula is C16H25BrN2S. The van der Waals surface area contributed by atoms with Gasteiger partial charge in [0.2, 0.25) is 0 Å². The number of nitrogens with one attached hydrogen (secondary N) is 1. The third kappa shape index (κ3) is 3.85. The van der Waals surface area contributed by atoms with Gasteiger partial charge >= 0.3 is 0 Å². The molecule has 0 radical (unpaired) electrons. The van der Waals surface area contributed by atoms with Crippen molar-refractivity contribution in [3.05, 3.63) is 20.8 Å². The normalized spacial score (nSPS) is 27.4. The number of hydrogen-bond acceptors (Lipinski definition) is 3. The standard InChI is InChI=1S/C16H25BrN2S/c17-14-10-15(20-12-14)11-18-7-9-19-8-3-5-13-4-1-2-6-16(13)19/h10,12-13,16,18H,1-9,11H2. The molecule has 2 nitrogen and oxygen atoms in total. The average molecular weight is 357 g/mol. The van der Waals surface area contributed by atoms with E-state index in [-0.39, 0.29) is 0 Å². The topological polar surface area (TPSA) is 15.3 Å². The van der Waals surface area contributed by atoms with E-state index in [1.807, 2.05) is 11.3 Å². The summed E-state index contributed by atoms with van der Waals surface area (Å²) in [6, 6.07) is 3.12. The van der Waals surface area contributed by atoms with Crippen molar-refractivity contribution in [3.63, 3.8) is 0 Å². The van der Waals surface area contributed by atoms with Crippen molar-refractivity contribution in [2.75, 3.05) is 19.6 Å². The molecule has 1 aromatic rings. The highest BCUT2D eigenvalue weighted by molar-refractivity contribution is 9.10. The van der Waals surface area contributed by atoms with Gasteiger partial charge in [0.25, 0.3) is 0 Å². The van der Waals surface area contributed by atoms with Crippen molar-refractivity contribution in [3.8, 4) is 0 Å². The number of hydrogen-bond donors (Lipinski definition) is 1. The quantitative estimate of drug-likeness (QED) is 0.793. The zero-order valence-corrected chi connectivity index (χ0v) is 14.5. The summed E-state index contributed by atoms with van der Waals surface area (Å²) in [5, 5.41) is 5.77. The van der Waals surface area contributed by atoms with Crippen molar-refractivity contribution < 1.29 is 0 Å². The molecular weight excluding hydrogens is 332 g/mol. The van der Waals surface area contributed by atoms with E-state index in [0.717, 1.165) is 25.0 Å². The minimum absolute atomic E-state index is 0.898. The Balaban J connectivity index is 1.41. The first-order valence-electron chi connectivity index (χ1n) is 8.00. The van der Waals surface area contributed by atoms with Gasteiger partial charge in [0.1, 0.15) is 0 Å². The van der Waals surface area contributed by atoms with Crippen LogP contribution in [-0.2, 0) is 6.54 Å². The van der Waals surface area contributed by atoms with E-state index in [0.29, 0.717) is 0 Å². The first kappa shape index (κ1) is 15.0. The van der Waals surface area contributed by atoms with Crippen LogP contribution in [0.15, 0.2) is 15.9 Å². The fourth-order valence-corrected chi connectivity index (χ4v) is 5.31. The molecule has 1 saturated carbocycles. The monoisotopic (exact) mass is 356 g/mol. The number of piperidine rings is 1. The number of fused-ring (bicyclic) bond motifs is 1. The summed E-state index contributed by atoms with van der Waals surface area (Å²) in [6.45, 7) is 4.69. The molecule has 2 fully saturated rings. The van der Waals surface area contributed by atoms with Gasteiger partial charge < -0.3 is 5.32 Å². The van der Waals surface area contributed by atoms with Crippen LogP contribution in [0.1, 0.15) is 43.4 Å². The van der Waals surface area contributed by atoms with Crippen LogP contribution in [0.3, 0.4) is 0 Å². The molecule has 0 aromatic carbocycles. The molecule has 1 aliphatic heterocycles. The number of rotatable bonds is 5. The van der Waals surface area contributed by atoms with Crippen molar-refractivity contribution in [2.45, 2.75) is 51.1 Å². The molecule has 1 aromatic heterocycles. The summed E-state index contributed by atoms with van der Waals surface area (Å²) in [5.41, 5.74) is 0. The Morgan fingerprint density at radius 1 is 1.25 bits per heavy atom. The van der Waals surface area contributed by atoms with Gasteiger partial charge in [-0.2, -0.15) is 0 Å². The lowest BCUT2D eigenvalue weighted by molar-refractivity contribution is 0.0618. The lowest BCUT2D eigenvalue weighted by atomic mass is 9.78. The predicted molar refractivity (Wildman–Crippen MR) is 90.3 cm³/mol. The van der Waals surface area contributed by atoms with Gasteiger partial charge in [-0.1, -0.05) is 12.8 Å². The van der Waals surface area contributed by atoms with Crippen LogP contribution < -0.4 is 5.32 Å². The maximum Gasteiger partial charge on any atom is 0.0300 e. The lowest BCUT2D eigenvalue weighted by Crippen LogP contribution is -2.48. The Morgan fingerprint density at radius 3 is 2.95 bits per heavy atom. The van der Waals surface area contributed by atoms with Gasteiger partial charge in [0, 0.05) is 40.4 Å². The molecule has 1 saturated heterocycles. The molecule has 0 amide bonds. The summed E-state index contributed by atoms with van der Waals surface area (Å²) >= 11 is 5.35. The first-order chi connectivity index (χ1) is 9.83. The van der Waals surface area contributed by atoms with Gasteiger partial charge in [0.05, 0.1) is 0 Å². The molecule has 3 rings (SSSR count). The van der Waals surface area contributed by atoms with Gasteiger partial charge in [-0.25, -0.2) is 0 Å². The van der Waals surface area contributed by atoms with E-state index in [9.17, 15) is 0 Å². The molecule has 0 bridgehead atoms. The van der Waals surface area contributed by atoms with Crippen LogP contribution >= 0.6 is 27.3 Å². The van der Waals surface area contributed by atoms with Crippen molar-refractivity contribution in [2.24, 2.45) is 5.92 Å². The van der Waals surface area contributed by atoms with E-state index < -0.39 is 0 Å². The minimum atomic E-state index is 0.898. The first-order valence-corrected chi connectivity index (χ1v) is 9.68. The smallest absolute Gasteiger partial charge is 0.0300 e. The number of halogens is 1. The predicted octanol–water partition coefficient (Wildman–Crippen LogP) is 4.25. The third-order valence-electron chi connectivity index (χ3n) is 4.86. The molecule has 1 N–H and O–H groups in total. The Labute approximate surface area is 135 Å². The highest BCUT2D eigenvalue weighted by atomic mass is 79.9. The minimum Gasteiger partial charge on any atom is -0.311 e. The fraction of sp³-hybridized carbons (Fsp3) is 0.750. The second-order valence-corrected chi connectivity index (χ2v) is 8.11. The summed E-state index contributed by atoms with van der Waals surface area (Å²) in [6.07, 6.45) is 8.76. The molecule has 112 valence electrons. The molecule has 2 unspecified atom stereocenters. The summed E-state index contributed by atoms with van der Waals surface area (Å²) in [5.74, 6) is 1.01. The number of likely N-dealkylation sites (tertiary alicyclic amines) is 1. The molecule has 2 atom stereocenters. The van der Waals surface area contributed by atoms with Crippen LogP contribution in [0.25, 0.3) is 0 Å². The Morgan fingerprint density at radius 2 is 2.10 bits per heavy atom. The second-order valence-electron chi connectivity index (χ2n) is 6.20. The highest BCUT2D eigenvalue weighted by Crippen LogP contribution is 2.34. The summed E-state index contributed by atoms with van der Waals surface area (Å²) < 4.78 is 1.21. The van der Waals surface area contributed by atoms with Crippen molar-refractivity contribution in [1.29, 1.82) is 0 Å². The number of thiophene rings is 1. The molecule has 2 aliphatic rings. The van der Waals surface area contributed by atoms with E-state index in [1.165, 1.54) is 61.0 Å². The van der Waals surface area contributed by atoms with E-state index in [4.69, 9.17) is 0 Å². The van der Waals surface area contributed by atoms with Crippen LogP contribution in [-0.4, -0.2) is 30.6 Å². The lowest BCUT2D eigenvalue weighted by Gasteiger charge is -2.44. The van der Waals surface area contributed by atoms with Gasteiger partial charge in [-0.15, -0.1) is 11.3 Å².